The highest BCUT2D eigenvalue weighted by Gasteiger charge is 2.47. The van der Waals surface area contributed by atoms with Crippen molar-refractivity contribution in [3.63, 3.8) is 0 Å². The van der Waals surface area contributed by atoms with Gasteiger partial charge in [0, 0.05) is 23.3 Å². The van der Waals surface area contributed by atoms with Gasteiger partial charge in [0.1, 0.15) is 6.54 Å². The molecule has 2 N–H and O–H groups in total. The van der Waals surface area contributed by atoms with Gasteiger partial charge in [-0.15, -0.1) is 0 Å². The third kappa shape index (κ3) is 3.92. The normalized spacial score (nSPS) is 19.2. The summed E-state index contributed by atoms with van der Waals surface area (Å²) in [5, 5.41) is 0.614. The van der Waals surface area contributed by atoms with Crippen LogP contribution in [0.25, 0.3) is 22.2 Å². The summed E-state index contributed by atoms with van der Waals surface area (Å²) >= 11 is 0. The number of likely N-dealkylation sites (tertiary alicyclic amines) is 1. The lowest BCUT2D eigenvalue weighted by Crippen LogP contribution is -2.48. The van der Waals surface area contributed by atoms with E-state index in [4.69, 9.17) is 0 Å². The van der Waals surface area contributed by atoms with E-state index in [-0.39, 0.29) is 11.8 Å². The van der Waals surface area contributed by atoms with Crippen LogP contribution in [-0.4, -0.2) is 45.0 Å². The fraction of sp³-hybridized carbons (Fsp3) is 0.200. The Morgan fingerprint density at radius 1 is 0.971 bits per heavy atom. The van der Waals surface area contributed by atoms with Crippen molar-refractivity contribution < 1.29 is 19.2 Å². The highest BCUT2D eigenvalue weighted by atomic mass is 16.2. The number of aromatic nitrogens is 2. The van der Waals surface area contributed by atoms with Crippen LogP contribution in [0, 0.1) is 11.8 Å². The van der Waals surface area contributed by atoms with E-state index in [2.05, 4.69) is 20.8 Å². The molecule has 5 rings (SSSR count). The molecule has 1 aliphatic heterocycles. The van der Waals surface area contributed by atoms with Crippen molar-refractivity contribution in [2.75, 3.05) is 6.54 Å². The average molecular weight is 455 g/mol. The number of carbonyl (C=O) groups excluding carboxylic acids is 4. The van der Waals surface area contributed by atoms with Crippen molar-refractivity contribution in [2.24, 2.45) is 11.8 Å². The Bertz CT molecular complexity index is 1310. The highest BCUT2D eigenvalue weighted by Crippen LogP contribution is 2.34. The fourth-order valence-corrected chi connectivity index (χ4v) is 4.43. The molecule has 1 aliphatic carbocycles. The summed E-state index contributed by atoms with van der Waals surface area (Å²) in [6, 6.07) is 12.4. The summed E-state index contributed by atoms with van der Waals surface area (Å²) in [7, 11) is 0. The monoisotopic (exact) mass is 455 g/mol. The summed E-state index contributed by atoms with van der Waals surface area (Å²) in [6.45, 7) is -0.441. The number of benzene rings is 1. The van der Waals surface area contributed by atoms with Crippen LogP contribution in [0.1, 0.15) is 23.2 Å². The third-order valence-electron chi connectivity index (χ3n) is 6.13. The molecule has 34 heavy (non-hydrogen) atoms. The maximum absolute atomic E-state index is 13.0. The standard InChI is InChI=1S/C25H21N5O4/c31-22(14-30-24(33)17-8-1-2-9-18(17)25(30)34)28-29-23(32)19-12-21(15-6-5-11-26-13-15)27-20-10-4-3-7-16(19)20/h1-7,10-13,17-18H,8-9,14H2,(H,28,31)(H,29,32)/t17-,18-/m1/s1. The molecule has 0 saturated carbocycles. The molecule has 2 atom stereocenters. The summed E-state index contributed by atoms with van der Waals surface area (Å²) in [5.41, 5.74) is 6.95. The maximum Gasteiger partial charge on any atom is 0.270 e. The molecule has 1 aromatic carbocycles. The minimum atomic E-state index is -0.660. The molecule has 3 aromatic rings. The molecule has 1 fully saturated rings. The average Bonchev–Trinajstić information content (AvgIpc) is 3.12. The molecule has 170 valence electrons. The van der Waals surface area contributed by atoms with Crippen LogP contribution < -0.4 is 10.9 Å². The van der Waals surface area contributed by atoms with E-state index in [0.29, 0.717) is 35.0 Å². The van der Waals surface area contributed by atoms with Gasteiger partial charge in [0.2, 0.25) is 11.8 Å². The molecule has 0 spiro atoms. The van der Waals surface area contributed by atoms with Gasteiger partial charge in [-0.25, -0.2) is 4.98 Å². The van der Waals surface area contributed by atoms with Gasteiger partial charge in [-0.2, -0.15) is 0 Å². The number of nitrogens with one attached hydrogen (secondary N) is 2. The lowest BCUT2D eigenvalue weighted by atomic mass is 9.85. The first-order valence-electron chi connectivity index (χ1n) is 10.9. The minimum Gasteiger partial charge on any atom is -0.274 e. The number of fused-ring (bicyclic) bond motifs is 2. The highest BCUT2D eigenvalue weighted by molar-refractivity contribution is 6.09. The first-order chi connectivity index (χ1) is 16.5. The Morgan fingerprint density at radius 3 is 2.41 bits per heavy atom. The number of hydrazine groups is 1. The van der Waals surface area contributed by atoms with Crippen LogP contribution in [0.2, 0.25) is 0 Å². The zero-order chi connectivity index (χ0) is 23.7. The van der Waals surface area contributed by atoms with Crippen molar-refractivity contribution in [3.8, 4) is 11.3 Å². The topological polar surface area (TPSA) is 121 Å². The first kappa shape index (κ1) is 21.4. The second-order valence-electron chi connectivity index (χ2n) is 8.23. The van der Waals surface area contributed by atoms with Crippen LogP contribution in [0.4, 0.5) is 0 Å². The number of rotatable bonds is 4. The molecule has 2 aliphatic rings. The first-order valence-corrected chi connectivity index (χ1v) is 10.9. The number of nitrogens with zero attached hydrogens (tertiary/aromatic N) is 3. The SMILES string of the molecule is O=C(CN1C(=O)[C@@H]2CC=CC[C@H]2C1=O)NNC(=O)c1cc(-c2cccnc2)nc2ccccc12. The Hall–Kier alpha value is -4.40. The van der Waals surface area contributed by atoms with E-state index >= 15 is 0 Å². The van der Waals surface area contributed by atoms with E-state index in [1.54, 1.807) is 42.7 Å². The number of amides is 4. The maximum atomic E-state index is 13.0. The van der Waals surface area contributed by atoms with Gasteiger partial charge in [0.05, 0.1) is 28.6 Å². The zero-order valence-corrected chi connectivity index (χ0v) is 18.1. The summed E-state index contributed by atoms with van der Waals surface area (Å²) < 4.78 is 0. The molecule has 0 unspecified atom stereocenters. The molecule has 9 nitrogen and oxygen atoms in total. The lowest BCUT2D eigenvalue weighted by molar-refractivity contribution is -0.143. The van der Waals surface area contributed by atoms with Crippen LogP contribution >= 0.6 is 0 Å². The van der Waals surface area contributed by atoms with E-state index in [1.807, 2.05) is 24.3 Å². The van der Waals surface area contributed by atoms with Gasteiger partial charge in [0.15, 0.2) is 0 Å². The Kier molecular flexibility index (Phi) is 5.59. The van der Waals surface area contributed by atoms with E-state index < -0.39 is 30.2 Å². The van der Waals surface area contributed by atoms with Crippen LogP contribution in [-0.2, 0) is 14.4 Å². The number of hydrogen-bond donors (Lipinski definition) is 2. The van der Waals surface area contributed by atoms with Gasteiger partial charge < -0.3 is 0 Å². The Balaban J connectivity index is 1.31. The predicted octanol–water partition coefficient (Wildman–Crippen LogP) is 2.01. The van der Waals surface area contributed by atoms with Crippen molar-refractivity contribution >= 4 is 34.5 Å². The minimum absolute atomic E-state index is 0.315. The number of para-hydroxylation sites is 1. The predicted molar refractivity (Wildman–Crippen MR) is 123 cm³/mol. The molecule has 3 heterocycles. The number of pyridine rings is 2. The van der Waals surface area contributed by atoms with Gasteiger partial charge in [-0.05, 0) is 37.1 Å². The number of carbonyl (C=O) groups is 4. The van der Waals surface area contributed by atoms with Crippen molar-refractivity contribution in [2.45, 2.75) is 12.8 Å². The molecule has 0 radical (unpaired) electrons. The van der Waals surface area contributed by atoms with Crippen molar-refractivity contribution in [3.05, 3.63) is 72.6 Å². The number of imide groups is 1. The van der Waals surface area contributed by atoms with E-state index in [0.717, 1.165) is 10.5 Å². The quantitative estimate of drug-likeness (QED) is 0.353. The van der Waals surface area contributed by atoms with Crippen molar-refractivity contribution in [1.29, 1.82) is 0 Å². The van der Waals surface area contributed by atoms with Crippen LogP contribution in [0.3, 0.4) is 0 Å². The molecule has 2 aromatic heterocycles. The second-order valence-corrected chi connectivity index (χ2v) is 8.23. The van der Waals surface area contributed by atoms with Crippen molar-refractivity contribution in [1.82, 2.24) is 25.7 Å². The zero-order valence-electron chi connectivity index (χ0n) is 18.1. The summed E-state index contributed by atoms with van der Waals surface area (Å²) in [5.74, 6) is -2.71. The second kappa shape index (κ2) is 8.86. The molecule has 0 bridgehead atoms. The molecule has 9 heteroatoms. The van der Waals surface area contributed by atoms with Gasteiger partial charge in [-0.1, -0.05) is 30.4 Å². The third-order valence-corrected chi connectivity index (χ3v) is 6.13. The lowest BCUT2D eigenvalue weighted by Gasteiger charge is -2.15. The Labute approximate surface area is 194 Å². The van der Waals surface area contributed by atoms with Gasteiger partial charge in [-0.3, -0.25) is 39.9 Å². The molecular weight excluding hydrogens is 434 g/mol. The fourth-order valence-electron chi connectivity index (χ4n) is 4.43. The summed E-state index contributed by atoms with van der Waals surface area (Å²) in [6.07, 6.45) is 8.06. The summed E-state index contributed by atoms with van der Waals surface area (Å²) in [4.78, 5) is 60.3. The molecule has 4 amide bonds. The van der Waals surface area contributed by atoms with Gasteiger partial charge >= 0.3 is 0 Å². The number of allylic oxidation sites excluding steroid dienone is 2. The smallest absolute Gasteiger partial charge is 0.270 e. The molecular formula is C25H21N5O4. The Morgan fingerprint density at radius 2 is 1.71 bits per heavy atom. The largest absolute Gasteiger partial charge is 0.274 e. The van der Waals surface area contributed by atoms with E-state index in [1.165, 1.54) is 0 Å². The molecule has 1 saturated heterocycles. The van der Waals surface area contributed by atoms with Crippen LogP contribution in [0.5, 0.6) is 0 Å². The number of hydrogen-bond acceptors (Lipinski definition) is 6. The van der Waals surface area contributed by atoms with E-state index in [9.17, 15) is 19.2 Å². The van der Waals surface area contributed by atoms with Gasteiger partial charge in [0.25, 0.3) is 11.8 Å². The van der Waals surface area contributed by atoms with Crippen LogP contribution in [0.15, 0.2) is 67.0 Å².